The van der Waals surface area contributed by atoms with Gasteiger partial charge in [0.25, 0.3) is 5.91 Å². The molecule has 0 radical (unpaired) electrons. The number of carbonyl (C=O) groups excluding carboxylic acids is 1. The van der Waals surface area contributed by atoms with E-state index in [0.717, 1.165) is 5.76 Å². The van der Waals surface area contributed by atoms with Crippen molar-refractivity contribution in [3.8, 4) is 10.8 Å². The molecule has 1 unspecified atom stereocenters. The number of aliphatic carboxylic acids is 1. The number of carboxylic acids is 1. The third-order valence-electron chi connectivity index (χ3n) is 2.96. The van der Waals surface area contributed by atoms with Gasteiger partial charge in [0.15, 0.2) is 16.9 Å². The largest absolute Gasteiger partial charge is 0.479 e. The summed E-state index contributed by atoms with van der Waals surface area (Å²) in [5.74, 6) is -0.147. The quantitative estimate of drug-likeness (QED) is 0.841. The first-order valence-corrected chi connectivity index (χ1v) is 7.32. The molecule has 8 heteroatoms. The predicted molar refractivity (Wildman–Crippen MR) is 80.1 cm³/mol. The van der Waals surface area contributed by atoms with E-state index in [2.05, 4.69) is 10.3 Å². The summed E-state index contributed by atoms with van der Waals surface area (Å²) >= 11 is 1.20. The summed E-state index contributed by atoms with van der Waals surface area (Å²) < 4.78 is 10.2. The van der Waals surface area contributed by atoms with Crippen LogP contribution in [0.4, 0.5) is 0 Å². The van der Waals surface area contributed by atoms with Gasteiger partial charge in [-0.15, -0.1) is 11.3 Å². The van der Waals surface area contributed by atoms with Crippen molar-refractivity contribution < 1.29 is 23.8 Å². The number of aryl methyl sites for hydroxylation is 2. The molecule has 0 aliphatic rings. The van der Waals surface area contributed by atoms with E-state index >= 15 is 0 Å². The molecule has 2 aromatic heterocycles. The van der Waals surface area contributed by atoms with Crippen LogP contribution >= 0.6 is 11.3 Å². The Morgan fingerprint density at radius 3 is 2.73 bits per heavy atom. The van der Waals surface area contributed by atoms with Gasteiger partial charge in [-0.3, -0.25) is 4.79 Å². The van der Waals surface area contributed by atoms with Gasteiger partial charge in [0, 0.05) is 7.11 Å². The van der Waals surface area contributed by atoms with Gasteiger partial charge in [-0.25, -0.2) is 9.78 Å². The molecule has 1 atom stereocenters. The SMILES string of the molecule is COC(CNC(=O)c1sc(-c2ccc(C)o2)nc1C)C(=O)O. The molecule has 0 saturated heterocycles. The van der Waals surface area contributed by atoms with Gasteiger partial charge in [-0.2, -0.15) is 0 Å². The van der Waals surface area contributed by atoms with E-state index in [9.17, 15) is 9.59 Å². The minimum atomic E-state index is -1.13. The lowest BCUT2D eigenvalue weighted by atomic mass is 10.3. The molecule has 0 spiro atoms. The second kappa shape index (κ2) is 6.71. The van der Waals surface area contributed by atoms with Crippen molar-refractivity contribution in [2.45, 2.75) is 20.0 Å². The maximum atomic E-state index is 12.1. The van der Waals surface area contributed by atoms with Crippen LogP contribution in [0.1, 0.15) is 21.1 Å². The number of methoxy groups -OCH3 is 1. The molecule has 0 bridgehead atoms. The first-order chi connectivity index (χ1) is 10.4. The van der Waals surface area contributed by atoms with Crippen LogP contribution in [-0.4, -0.2) is 41.7 Å². The van der Waals surface area contributed by atoms with Crippen molar-refractivity contribution in [1.82, 2.24) is 10.3 Å². The highest BCUT2D eigenvalue weighted by Gasteiger charge is 2.21. The number of carbonyl (C=O) groups is 2. The topological polar surface area (TPSA) is 102 Å². The fourth-order valence-corrected chi connectivity index (χ4v) is 2.74. The molecule has 0 aliphatic carbocycles. The van der Waals surface area contributed by atoms with Crippen molar-refractivity contribution >= 4 is 23.2 Å². The summed E-state index contributed by atoms with van der Waals surface area (Å²) in [7, 11) is 1.28. The Bertz CT molecular complexity index is 691. The number of ether oxygens (including phenoxy) is 1. The summed E-state index contributed by atoms with van der Waals surface area (Å²) in [4.78, 5) is 27.7. The minimum Gasteiger partial charge on any atom is -0.479 e. The first kappa shape index (κ1) is 16.2. The van der Waals surface area contributed by atoms with Gasteiger partial charge in [0.1, 0.15) is 10.6 Å². The first-order valence-electron chi connectivity index (χ1n) is 6.50. The van der Waals surface area contributed by atoms with E-state index in [0.29, 0.717) is 21.3 Å². The molecule has 1 amide bonds. The summed E-state index contributed by atoms with van der Waals surface area (Å²) in [6, 6.07) is 3.61. The molecule has 7 nitrogen and oxygen atoms in total. The van der Waals surface area contributed by atoms with E-state index in [-0.39, 0.29) is 12.5 Å². The predicted octanol–water partition coefficient (Wildman–Crippen LogP) is 1.85. The summed E-state index contributed by atoms with van der Waals surface area (Å²) in [5, 5.41) is 12.0. The summed E-state index contributed by atoms with van der Waals surface area (Å²) in [6.07, 6.45) is -1.08. The molecule has 0 saturated carbocycles. The Balaban J connectivity index is 2.10. The fraction of sp³-hybridized carbons (Fsp3) is 0.357. The molecule has 22 heavy (non-hydrogen) atoms. The van der Waals surface area contributed by atoms with Gasteiger partial charge in [-0.05, 0) is 26.0 Å². The highest BCUT2D eigenvalue weighted by Crippen LogP contribution is 2.29. The van der Waals surface area contributed by atoms with E-state index in [1.165, 1.54) is 18.4 Å². The number of nitrogens with zero attached hydrogens (tertiary/aromatic N) is 1. The van der Waals surface area contributed by atoms with Crippen molar-refractivity contribution in [1.29, 1.82) is 0 Å². The van der Waals surface area contributed by atoms with Gasteiger partial charge < -0.3 is 19.6 Å². The number of nitrogens with one attached hydrogen (secondary N) is 1. The number of furan rings is 1. The number of amides is 1. The van der Waals surface area contributed by atoms with Crippen LogP contribution in [0, 0.1) is 13.8 Å². The molecule has 0 fully saturated rings. The van der Waals surface area contributed by atoms with E-state index in [1.54, 1.807) is 13.0 Å². The monoisotopic (exact) mass is 324 g/mol. The summed E-state index contributed by atoms with van der Waals surface area (Å²) in [6.45, 7) is 3.43. The molecule has 2 N–H and O–H groups in total. The fourth-order valence-electron chi connectivity index (χ4n) is 1.80. The smallest absolute Gasteiger partial charge is 0.334 e. The zero-order valence-electron chi connectivity index (χ0n) is 12.4. The molecule has 118 valence electrons. The van der Waals surface area contributed by atoms with Crippen molar-refractivity contribution in [2.75, 3.05) is 13.7 Å². The van der Waals surface area contributed by atoms with Gasteiger partial charge in [0.2, 0.25) is 0 Å². The Morgan fingerprint density at radius 2 is 2.18 bits per heavy atom. The number of thiazole rings is 1. The standard InChI is InChI=1S/C14H16N2O5S/c1-7-4-5-9(21-7)13-16-8(2)11(22-13)12(17)15-6-10(20-3)14(18)19/h4-5,10H,6H2,1-3H3,(H,15,17)(H,18,19). The van der Waals surface area contributed by atoms with Crippen LogP contribution in [0.15, 0.2) is 16.5 Å². The second-order valence-corrected chi connectivity index (χ2v) is 5.62. The molecule has 0 aliphatic heterocycles. The minimum absolute atomic E-state index is 0.114. The average Bonchev–Trinajstić information content (AvgIpc) is 3.05. The highest BCUT2D eigenvalue weighted by molar-refractivity contribution is 7.17. The maximum absolute atomic E-state index is 12.1. The maximum Gasteiger partial charge on any atom is 0.334 e. The van der Waals surface area contributed by atoms with Crippen LogP contribution in [0.25, 0.3) is 10.8 Å². The van der Waals surface area contributed by atoms with Gasteiger partial charge >= 0.3 is 5.97 Å². The molecule has 0 aromatic carbocycles. The van der Waals surface area contributed by atoms with Crippen LogP contribution < -0.4 is 5.32 Å². The Morgan fingerprint density at radius 1 is 1.45 bits per heavy atom. The van der Waals surface area contributed by atoms with Crippen LogP contribution in [-0.2, 0) is 9.53 Å². The zero-order valence-corrected chi connectivity index (χ0v) is 13.2. The van der Waals surface area contributed by atoms with Crippen LogP contribution in [0.2, 0.25) is 0 Å². The molecular weight excluding hydrogens is 308 g/mol. The van der Waals surface area contributed by atoms with E-state index in [1.807, 2.05) is 13.0 Å². The van der Waals surface area contributed by atoms with Crippen LogP contribution in [0.3, 0.4) is 0 Å². The number of aromatic nitrogens is 1. The van der Waals surface area contributed by atoms with Crippen molar-refractivity contribution in [2.24, 2.45) is 0 Å². The second-order valence-electron chi connectivity index (χ2n) is 4.62. The number of hydrogen-bond donors (Lipinski definition) is 2. The molecule has 2 rings (SSSR count). The molecule has 2 heterocycles. The normalized spacial score (nSPS) is 12.1. The number of rotatable bonds is 6. The Hall–Kier alpha value is -2.19. The lowest BCUT2D eigenvalue weighted by Crippen LogP contribution is -2.37. The third kappa shape index (κ3) is 3.52. The lowest BCUT2D eigenvalue weighted by molar-refractivity contribution is -0.148. The molecular formula is C14H16N2O5S. The zero-order chi connectivity index (χ0) is 16.3. The Labute approximate surface area is 130 Å². The van der Waals surface area contributed by atoms with Gasteiger partial charge in [0.05, 0.1) is 12.2 Å². The highest BCUT2D eigenvalue weighted by atomic mass is 32.1. The number of hydrogen-bond acceptors (Lipinski definition) is 6. The van der Waals surface area contributed by atoms with Crippen molar-refractivity contribution in [3.05, 3.63) is 28.5 Å². The lowest BCUT2D eigenvalue weighted by Gasteiger charge is -2.10. The van der Waals surface area contributed by atoms with E-state index < -0.39 is 12.1 Å². The van der Waals surface area contributed by atoms with Gasteiger partial charge in [-0.1, -0.05) is 0 Å². The Kier molecular flexibility index (Phi) is 4.94. The van der Waals surface area contributed by atoms with Crippen molar-refractivity contribution in [3.63, 3.8) is 0 Å². The van der Waals surface area contributed by atoms with Crippen LogP contribution in [0.5, 0.6) is 0 Å². The average molecular weight is 324 g/mol. The third-order valence-corrected chi connectivity index (χ3v) is 4.13. The number of carboxylic acid groups (broad SMARTS) is 1. The molecule has 2 aromatic rings. The van der Waals surface area contributed by atoms with E-state index in [4.69, 9.17) is 14.3 Å². The summed E-state index contributed by atoms with van der Waals surface area (Å²) in [5.41, 5.74) is 0.566.